The molecule has 2 aromatic rings. The van der Waals surface area contributed by atoms with E-state index in [-0.39, 0.29) is 6.04 Å². The van der Waals surface area contributed by atoms with Crippen LogP contribution in [-0.4, -0.2) is 34.4 Å². The maximum Gasteiger partial charge on any atom is 0.247 e. The summed E-state index contributed by atoms with van der Waals surface area (Å²) in [5.74, 6) is 0. The van der Waals surface area contributed by atoms with Crippen molar-refractivity contribution in [3.8, 4) is 0 Å². The number of H-pyrrole nitrogens is 1. The number of rotatable bonds is 3. The van der Waals surface area contributed by atoms with Crippen molar-refractivity contribution in [1.29, 1.82) is 0 Å². The Kier molecular flexibility index (Phi) is 3.54. The summed E-state index contributed by atoms with van der Waals surface area (Å²) in [5, 5.41) is 6.76. The van der Waals surface area contributed by atoms with Crippen LogP contribution in [-0.2, 0) is 10.0 Å². The highest BCUT2D eigenvalue weighted by Gasteiger charge is 2.38. The summed E-state index contributed by atoms with van der Waals surface area (Å²) in [5.41, 5.74) is 2.05. The summed E-state index contributed by atoms with van der Waals surface area (Å²) in [4.78, 5) is 4.41. The van der Waals surface area contributed by atoms with Crippen molar-refractivity contribution in [3.05, 3.63) is 41.5 Å². The van der Waals surface area contributed by atoms with E-state index < -0.39 is 10.0 Å². The molecule has 1 saturated heterocycles. The van der Waals surface area contributed by atoms with E-state index in [1.807, 2.05) is 12.1 Å². The monoisotopic (exact) mass is 306 g/mol. The van der Waals surface area contributed by atoms with E-state index in [1.165, 1.54) is 0 Å². The van der Waals surface area contributed by atoms with Gasteiger partial charge in [-0.05, 0) is 38.3 Å². The molecule has 0 bridgehead atoms. The summed E-state index contributed by atoms with van der Waals surface area (Å²) in [6.07, 6.45) is 5.12. The molecule has 1 atom stereocenters. The normalized spacial score (nSPS) is 20.0. The average molecular weight is 306 g/mol. The van der Waals surface area contributed by atoms with Crippen molar-refractivity contribution in [2.75, 3.05) is 6.54 Å². The quantitative estimate of drug-likeness (QED) is 0.940. The number of nitrogens with zero attached hydrogens (tertiary/aromatic N) is 3. The number of nitrogens with one attached hydrogen (secondary N) is 1. The zero-order valence-corrected chi connectivity index (χ0v) is 12.9. The molecule has 2 aromatic heterocycles. The van der Waals surface area contributed by atoms with E-state index >= 15 is 0 Å². The first-order valence-corrected chi connectivity index (χ1v) is 8.39. The first-order valence-electron chi connectivity index (χ1n) is 6.95. The van der Waals surface area contributed by atoms with E-state index in [0.717, 1.165) is 18.4 Å². The van der Waals surface area contributed by atoms with Crippen molar-refractivity contribution < 1.29 is 8.42 Å². The minimum absolute atomic E-state index is 0.141. The van der Waals surface area contributed by atoms with Crippen LogP contribution in [0.1, 0.15) is 35.8 Å². The Morgan fingerprint density at radius 2 is 2.19 bits per heavy atom. The Labute approximate surface area is 124 Å². The maximum absolute atomic E-state index is 13.0. The molecule has 0 amide bonds. The number of aromatic amines is 1. The molecule has 0 spiro atoms. The molecule has 112 valence electrons. The van der Waals surface area contributed by atoms with Gasteiger partial charge in [0.15, 0.2) is 0 Å². The van der Waals surface area contributed by atoms with E-state index in [4.69, 9.17) is 0 Å². The van der Waals surface area contributed by atoms with Crippen LogP contribution < -0.4 is 0 Å². The first-order chi connectivity index (χ1) is 10.0. The minimum Gasteiger partial charge on any atom is -0.281 e. The molecule has 0 radical (unpaired) electrons. The molecular weight excluding hydrogens is 288 g/mol. The molecule has 1 fully saturated rings. The Balaban J connectivity index is 2.03. The van der Waals surface area contributed by atoms with Crippen molar-refractivity contribution in [2.24, 2.45) is 0 Å². The Hall–Kier alpha value is -1.73. The molecule has 0 aliphatic carbocycles. The number of hydrogen-bond donors (Lipinski definition) is 1. The summed E-state index contributed by atoms with van der Waals surface area (Å²) in [6.45, 7) is 3.99. The lowest BCUT2D eigenvalue weighted by Gasteiger charge is -2.24. The second-order valence-electron chi connectivity index (χ2n) is 5.32. The smallest absolute Gasteiger partial charge is 0.247 e. The van der Waals surface area contributed by atoms with Gasteiger partial charge < -0.3 is 0 Å². The Morgan fingerprint density at radius 3 is 2.81 bits per heavy atom. The number of pyridine rings is 1. The number of hydrogen-bond acceptors (Lipinski definition) is 4. The van der Waals surface area contributed by atoms with Crippen molar-refractivity contribution in [2.45, 2.75) is 37.6 Å². The van der Waals surface area contributed by atoms with Crippen LogP contribution in [0.15, 0.2) is 29.4 Å². The zero-order valence-electron chi connectivity index (χ0n) is 12.1. The van der Waals surface area contributed by atoms with Crippen LogP contribution in [0.3, 0.4) is 0 Å². The summed E-state index contributed by atoms with van der Waals surface area (Å²) < 4.78 is 27.5. The first kappa shape index (κ1) is 14.2. The highest BCUT2D eigenvalue weighted by atomic mass is 32.2. The largest absolute Gasteiger partial charge is 0.281 e. The van der Waals surface area contributed by atoms with Gasteiger partial charge in [0.25, 0.3) is 0 Å². The molecule has 1 aliphatic rings. The Bertz CT molecular complexity index is 720. The predicted octanol–water partition coefficient (Wildman–Crippen LogP) is 1.95. The van der Waals surface area contributed by atoms with Gasteiger partial charge in [-0.3, -0.25) is 10.1 Å². The van der Waals surface area contributed by atoms with Crippen LogP contribution in [0.4, 0.5) is 0 Å². The van der Waals surface area contributed by atoms with Gasteiger partial charge in [-0.25, -0.2) is 8.42 Å². The maximum atomic E-state index is 13.0. The molecule has 6 nitrogen and oxygen atoms in total. The third-order valence-corrected chi connectivity index (χ3v) is 6.07. The van der Waals surface area contributed by atoms with Gasteiger partial charge in [-0.1, -0.05) is 6.07 Å². The minimum atomic E-state index is -3.54. The molecule has 7 heteroatoms. The van der Waals surface area contributed by atoms with Crippen LogP contribution in [0, 0.1) is 13.8 Å². The van der Waals surface area contributed by atoms with Gasteiger partial charge in [0.1, 0.15) is 4.90 Å². The Morgan fingerprint density at radius 1 is 1.38 bits per heavy atom. The van der Waals surface area contributed by atoms with Crippen molar-refractivity contribution in [3.63, 3.8) is 0 Å². The van der Waals surface area contributed by atoms with Gasteiger partial charge in [0.2, 0.25) is 10.0 Å². The third kappa shape index (κ3) is 2.36. The molecule has 1 unspecified atom stereocenters. The van der Waals surface area contributed by atoms with Crippen LogP contribution >= 0.6 is 0 Å². The summed E-state index contributed by atoms with van der Waals surface area (Å²) >= 11 is 0. The number of aryl methyl sites for hydroxylation is 2. The highest BCUT2D eigenvalue weighted by Crippen LogP contribution is 2.37. The van der Waals surface area contributed by atoms with E-state index in [9.17, 15) is 8.42 Å². The van der Waals surface area contributed by atoms with Gasteiger partial charge in [-0.2, -0.15) is 9.40 Å². The second-order valence-corrected chi connectivity index (χ2v) is 7.15. The van der Waals surface area contributed by atoms with E-state index in [1.54, 1.807) is 30.5 Å². The molecular formula is C14H18N4O2S. The molecule has 0 saturated carbocycles. The van der Waals surface area contributed by atoms with Crippen molar-refractivity contribution >= 4 is 10.0 Å². The van der Waals surface area contributed by atoms with Gasteiger partial charge in [-0.15, -0.1) is 0 Å². The zero-order chi connectivity index (χ0) is 15.0. The van der Waals surface area contributed by atoms with Gasteiger partial charge >= 0.3 is 0 Å². The number of aromatic nitrogens is 3. The predicted molar refractivity (Wildman–Crippen MR) is 78.2 cm³/mol. The summed E-state index contributed by atoms with van der Waals surface area (Å²) in [6, 6.07) is 3.63. The molecule has 21 heavy (non-hydrogen) atoms. The average Bonchev–Trinajstić information content (AvgIpc) is 3.07. The van der Waals surface area contributed by atoms with Crippen molar-refractivity contribution in [1.82, 2.24) is 19.5 Å². The fourth-order valence-corrected chi connectivity index (χ4v) is 4.99. The molecule has 0 aromatic carbocycles. The van der Waals surface area contributed by atoms with Gasteiger partial charge in [0, 0.05) is 18.9 Å². The topological polar surface area (TPSA) is 79.0 Å². The van der Waals surface area contributed by atoms with E-state index in [0.29, 0.717) is 22.8 Å². The van der Waals surface area contributed by atoms with Crippen LogP contribution in [0.2, 0.25) is 0 Å². The molecule has 3 heterocycles. The second kappa shape index (κ2) is 5.23. The highest BCUT2D eigenvalue weighted by molar-refractivity contribution is 7.89. The third-order valence-electron chi connectivity index (χ3n) is 3.90. The van der Waals surface area contributed by atoms with Gasteiger partial charge in [0.05, 0.1) is 17.4 Å². The SMILES string of the molecule is Cc1n[nH]c(C)c1S(=O)(=O)N1CCCC1c1cccnc1. The molecule has 3 rings (SSSR count). The van der Waals surface area contributed by atoms with E-state index in [2.05, 4.69) is 15.2 Å². The number of sulfonamides is 1. The van der Waals surface area contributed by atoms with Crippen LogP contribution in [0.5, 0.6) is 0 Å². The standard InChI is InChI=1S/C14H18N4O2S/c1-10-14(11(2)17-16-10)21(19,20)18-8-4-6-13(18)12-5-3-7-15-9-12/h3,5,7,9,13H,4,6,8H2,1-2H3,(H,16,17). The molecule has 1 N–H and O–H groups in total. The lowest BCUT2D eigenvalue weighted by molar-refractivity contribution is 0.395. The fraction of sp³-hybridized carbons (Fsp3) is 0.429. The van der Waals surface area contributed by atoms with Crippen LogP contribution in [0.25, 0.3) is 0 Å². The fourth-order valence-electron chi connectivity index (χ4n) is 2.97. The summed E-state index contributed by atoms with van der Waals surface area (Å²) in [7, 11) is -3.54. The lowest BCUT2D eigenvalue weighted by Crippen LogP contribution is -2.31. The molecule has 1 aliphatic heterocycles. The lowest BCUT2D eigenvalue weighted by atomic mass is 10.1.